The third-order valence-corrected chi connectivity index (χ3v) is 2.84. The number of nitrogens with zero attached hydrogens (tertiary/aromatic N) is 2. The lowest BCUT2D eigenvalue weighted by molar-refractivity contribution is 0.313. The molecule has 0 saturated carbocycles. The molecule has 0 amide bonds. The second kappa shape index (κ2) is 4.54. The Hall–Kier alpha value is -0.540. The zero-order valence-electron chi connectivity index (χ0n) is 19.0. The Morgan fingerprint density at radius 3 is 2.67 bits per heavy atom. The standard InChI is InChI=1S/C12H17BrN2/c1-10-9-11(3-4-12(10)13)15-7-5-14(2)6-8-15/h3-4,9H,5-8H2,1-2H3/i2D3,5D2,6D2,7D2,8D2. The summed E-state index contributed by atoms with van der Waals surface area (Å²) in [6.45, 7) is -14.9. The monoisotopic (exact) mass is 279 g/mol. The summed E-state index contributed by atoms with van der Waals surface area (Å²) in [4.78, 5) is -0.00308. The molecular formula is C12H17BrN2. The summed E-state index contributed by atoms with van der Waals surface area (Å²) in [5, 5.41) is 0. The largest absolute Gasteiger partial charge is 0.369 e. The van der Waals surface area contributed by atoms with Gasteiger partial charge >= 0.3 is 0 Å². The Morgan fingerprint density at radius 1 is 1.33 bits per heavy atom. The van der Waals surface area contributed by atoms with Gasteiger partial charge < -0.3 is 9.80 Å². The highest BCUT2D eigenvalue weighted by Gasteiger charge is 2.14. The van der Waals surface area contributed by atoms with Gasteiger partial charge in [-0.1, -0.05) is 15.9 Å². The molecule has 1 heterocycles. The number of anilines is 1. The van der Waals surface area contributed by atoms with Crippen LogP contribution in [0.1, 0.15) is 20.6 Å². The van der Waals surface area contributed by atoms with Gasteiger partial charge in [-0.3, -0.25) is 0 Å². The molecular weight excluding hydrogens is 252 g/mol. The fraction of sp³-hybridized carbons (Fsp3) is 0.500. The van der Waals surface area contributed by atoms with Crippen LogP contribution in [-0.2, 0) is 0 Å². The SMILES string of the molecule is [2H]C([2H])([2H])N1C([2H])([2H])C([2H])([2H])N(c2ccc(Br)c(C)c2)C([2H])([2H])C1([2H])[2H]. The fourth-order valence-electron chi connectivity index (χ4n) is 1.15. The van der Waals surface area contributed by atoms with Gasteiger partial charge in [0, 0.05) is 45.7 Å². The lowest BCUT2D eigenvalue weighted by Crippen LogP contribution is -2.44. The summed E-state index contributed by atoms with van der Waals surface area (Å²) in [7, 11) is 0. The van der Waals surface area contributed by atoms with Crippen LogP contribution >= 0.6 is 15.9 Å². The predicted molar refractivity (Wildman–Crippen MR) is 68.6 cm³/mol. The van der Waals surface area contributed by atoms with E-state index in [4.69, 9.17) is 15.1 Å². The Balaban J connectivity index is 2.80. The minimum atomic E-state index is -3.41. The van der Waals surface area contributed by atoms with Gasteiger partial charge in [0.2, 0.25) is 0 Å². The number of aryl methyl sites for hydroxylation is 1. The van der Waals surface area contributed by atoms with Crippen LogP contribution in [0.25, 0.3) is 0 Å². The van der Waals surface area contributed by atoms with Gasteiger partial charge in [-0.15, -0.1) is 0 Å². The summed E-state index contributed by atoms with van der Waals surface area (Å²) in [5.74, 6) is 0. The Morgan fingerprint density at radius 2 is 2.07 bits per heavy atom. The van der Waals surface area contributed by atoms with E-state index in [0.29, 0.717) is 14.9 Å². The molecule has 2 rings (SSSR count). The Bertz CT molecular complexity index is 688. The second-order valence-corrected chi connectivity index (χ2v) is 3.91. The van der Waals surface area contributed by atoms with Gasteiger partial charge in [-0.25, -0.2) is 0 Å². The van der Waals surface area contributed by atoms with Crippen molar-refractivity contribution in [2.75, 3.05) is 37.9 Å². The van der Waals surface area contributed by atoms with Crippen LogP contribution < -0.4 is 4.90 Å². The lowest BCUT2D eigenvalue weighted by atomic mass is 10.2. The molecule has 0 aromatic heterocycles. The summed E-state index contributed by atoms with van der Waals surface area (Å²) in [6, 6.07) is 4.18. The highest BCUT2D eigenvalue weighted by Crippen LogP contribution is 2.23. The minimum absolute atomic E-state index is 0.112. The van der Waals surface area contributed by atoms with Crippen molar-refractivity contribution >= 4 is 21.6 Å². The van der Waals surface area contributed by atoms with E-state index in [9.17, 15) is 0 Å². The molecule has 1 aromatic rings. The Kier molecular flexibility index (Phi) is 1.13. The maximum Gasteiger partial charge on any atom is 0.0506 e. The molecule has 0 radical (unpaired) electrons. The molecule has 0 atom stereocenters. The molecule has 3 heteroatoms. The molecule has 0 spiro atoms. The molecule has 0 aliphatic carbocycles. The molecule has 15 heavy (non-hydrogen) atoms. The van der Waals surface area contributed by atoms with Crippen LogP contribution in [-0.4, -0.2) is 37.9 Å². The van der Waals surface area contributed by atoms with E-state index in [1.165, 1.54) is 18.2 Å². The molecule has 1 aliphatic rings. The van der Waals surface area contributed by atoms with E-state index >= 15 is 0 Å². The van der Waals surface area contributed by atoms with Gasteiger partial charge in [-0.2, -0.15) is 0 Å². The molecule has 1 aliphatic heterocycles. The van der Waals surface area contributed by atoms with E-state index in [1.54, 1.807) is 6.92 Å². The molecule has 0 unspecified atom stereocenters. The van der Waals surface area contributed by atoms with Gasteiger partial charge in [0.25, 0.3) is 0 Å². The van der Waals surface area contributed by atoms with Crippen molar-refractivity contribution < 1.29 is 15.1 Å². The predicted octanol–water partition coefficient (Wildman–Crippen LogP) is 2.51. The highest BCUT2D eigenvalue weighted by atomic mass is 79.9. The molecule has 2 nitrogen and oxygen atoms in total. The van der Waals surface area contributed by atoms with Crippen LogP contribution in [0.3, 0.4) is 0 Å². The van der Waals surface area contributed by atoms with E-state index in [1.807, 2.05) is 0 Å². The number of piperazine rings is 1. The van der Waals surface area contributed by atoms with Crippen molar-refractivity contribution in [3.8, 4) is 0 Å². The van der Waals surface area contributed by atoms with Crippen molar-refractivity contribution in [1.29, 1.82) is 0 Å². The van der Waals surface area contributed by atoms with Crippen molar-refractivity contribution in [3.63, 3.8) is 0 Å². The summed E-state index contributed by atoms with van der Waals surface area (Å²) in [5.41, 5.74) is 0.479. The Labute approximate surface area is 115 Å². The second-order valence-electron chi connectivity index (χ2n) is 3.05. The van der Waals surface area contributed by atoms with Crippen molar-refractivity contribution in [3.05, 3.63) is 28.2 Å². The quantitative estimate of drug-likeness (QED) is 0.780. The maximum atomic E-state index is 8.20. The first kappa shape index (κ1) is 3.74. The number of rotatable bonds is 1. The van der Waals surface area contributed by atoms with Crippen LogP contribution in [0.2, 0.25) is 0 Å². The van der Waals surface area contributed by atoms with E-state index in [2.05, 4.69) is 15.9 Å². The van der Waals surface area contributed by atoms with E-state index < -0.39 is 33.0 Å². The first-order valence-corrected chi connectivity index (χ1v) is 5.06. The van der Waals surface area contributed by atoms with Crippen molar-refractivity contribution in [2.45, 2.75) is 6.92 Å². The molecule has 1 saturated heterocycles. The zero-order valence-corrected chi connectivity index (χ0v) is 9.59. The first-order valence-electron chi connectivity index (χ1n) is 9.77. The van der Waals surface area contributed by atoms with Crippen LogP contribution in [0.15, 0.2) is 22.7 Å². The van der Waals surface area contributed by atoms with Crippen LogP contribution in [0.5, 0.6) is 0 Å². The normalized spacial score (nSPS) is 43.3. The summed E-state index contributed by atoms with van der Waals surface area (Å²) < 4.78 is 88.0. The maximum absolute atomic E-state index is 8.20. The highest BCUT2D eigenvalue weighted by molar-refractivity contribution is 9.10. The molecule has 1 aromatic carbocycles. The van der Waals surface area contributed by atoms with Crippen LogP contribution in [0.4, 0.5) is 5.69 Å². The topological polar surface area (TPSA) is 6.48 Å². The summed E-state index contributed by atoms with van der Waals surface area (Å²) >= 11 is 3.25. The van der Waals surface area contributed by atoms with Gasteiger partial charge in [-0.05, 0) is 37.7 Å². The molecule has 0 bridgehead atoms. The number of benzene rings is 1. The van der Waals surface area contributed by atoms with E-state index in [-0.39, 0.29) is 10.6 Å². The zero-order chi connectivity index (χ0) is 20.5. The fourth-order valence-corrected chi connectivity index (χ4v) is 1.40. The third-order valence-electron chi connectivity index (χ3n) is 1.95. The smallest absolute Gasteiger partial charge is 0.0506 e. The van der Waals surface area contributed by atoms with Gasteiger partial charge in [0.1, 0.15) is 0 Å². The van der Waals surface area contributed by atoms with Crippen molar-refractivity contribution in [2.24, 2.45) is 0 Å². The lowest BCUT2D eigenvalue weighted by Gasteiger charge is -2.34. The number of likely N-dealkylation sites (N-methyl/N-ethyl adjacent to an activating group) is 1. The molecule has 82 valence electrons. The minimum Gasteiger partial charge on any atom is -0.369 e. The number of halogens is 1. The third kappa shape index (κ3) is 2.52. The molecule has 1 fully saturated rings. The number of hydrogen-bond acceptors (Lipinski definition) is 2. The van der Waals surface area contributed by atoms with Crippen molar-refractivity contribution in [1.82, 2.24) is 4.90 Å². The average Bonchev–Trinajstić information content (AvgIpc) is 2.38. The van der Waals surface area contributed by atoms with Gasteiger partial charge in [0.05, 0.1) is 5.48 Å². The van der Waals surface area contributed by atoms with Crippen LogP contribution in [0, 0.1) is 6.92 Å². The summed E-state index contributed by atoms with van der Waals surface area (Å²) in [6.07, 6.45) is 0. The average molecular weight is 280 g/mol. The van der Waals surface area contributed by atoms with Gasteiger partial charge in [0.15, 0.2) is 0 Å². The number of hydrogen-bond donors (Lipinski definition) is 0. The first-order chi connectivity index (χ1) is 11.4. The van der Waals surface area contributed by atoms with E-state index in [0.717, 1.165) is 0 Å². The molecule has 0 N–H and O–H groups in total.